The molecule has 0 saturated carbocycles. The maximum absolute atomic E-state index is 13.2. The summed E-state index contributed by atoms with van der Waals surface area (Å²) < 4.78 is 5.52. The van der Waals surface area contributed by atoms with Crippen LogP contribution >= 0.6 is 11.3 Å². The highest BCUT2D eigenvalue weighted by molar-refractivity contribution is 7.10. The van der Waals surface area contributed by atoms with E-state index in [0.717, 1.165) is 35.6 Å². The van der Waals surface area contributed by atoms with Gasteiger partial charge in [-0.1, -0.05) is 24.3 Å². The van der Waals surface area contributed by atoms with Crippen molar-refractivity contribution < 1.29 is 9.53 Å². The predicted molar refractivity (Wildman–Crippen MR) is 97.4 cm³/mol. The third kappa shape index (κ3) is 3.19. The van der Waals surface area contributed by atoms with Crippen LogP contribution in [0, 0.1) is 0 Å². The Bertz CT molecular complexity index is 686. The summed E-state index contributed by atoms with van der Waals surface area (Å²) in [6.45, 7) is 2.72. The number of para-hydroxylation sites is 1. The van der Waals surface area contributed by atoms with Gasteiger partial charge in [-0.3, -0.25) is 4.79 Å². The van der Waals surface area contributed by atoms with Gasteiger partial charge in [0.2, 0.25) is 5.91 Å². The van der Waals surface area contributed by atoms with Crippen molar-refractivity contribution in [2.24, 2.45) is 5.73 Å². The molecule has 1 aromatic heterocycles. The van der Waals surface area contributed by atoms with Crippen LogP contribution in [0.15, 0.2) is 41.8 Å². The number of nitrogens with two attached hydrogens (primary N) is 1. The number of amides is 1. The van der Waals surface area contributed by atoms with Crippen LogP contribution in [0.4, 0.5) is 0 Å². The molecule has 0 bridgehead atoms. The van der Waals surface area contributed by atoms with Crippen LogP contribution in [0.25, 0.3) is 0 Å². The maximum atomic E-state index is 13.2. The second-order valence-electron chi connectivity index (χ2n) is 6.26. The number of hydrogen-bond acceptors (Lipinski definition) is 4. The summed E-state index contributed by atoms with van der Waals surface area (Å²) in [7, 11) is 1.66. The van der Waals surface area contributed by atoms with Gasteiger partial charge in [0.1, 0.15) is 5.75 Å². The quantitative estimate of drug-likeness (QED) is 0.923. The molecule has 128 valence electrons. The zero-order valence-electron chi connectivity index (χ0n) is 14.1. The van der Waals surface area contributed by atoms with E-state index in [1.807, 2.05) is 53.6 Å². The minimum atomic E-state index is -0.146. The van der Waals surface area contributed by atoms with Gasteiger partial charge in [-0.15, -0.1) is 11.3 Å². The molecule has 1 aromatic carbocycles. The zero-order valence-corrected chi connectivity index (χ0v) is 15.0. The monoisotopic (exact) mass is 344 g/mol. The number of methoxy groups -OCH3 is 1. The number of benzene rings is 1. The van der Waals surface area contributed by atoms with Crippen molar-refractivity contribution in [3.63, 3.8) is 0 Å². The molecule has 24 heavy (non-hydrogen) atoms. The molecular formula is C19H24N2O2S. The van der Waals surface area contributed by atoms with Gasteiger partial charge in [-0.05, 0) is 37.3 Å². The molecule has 3 rings (SSSR count). The fourth-order valence-electron chi connectivity index (χ4n) is 3.49. The first-order valence-corrected chi connectivity index (χ1v) is 9.23. The lowest BCUT2D eigenvalue weighted by atomic mass is 9.89. The summed E-state index contributed by atoms with van der Waals surface area (Å²) in [4.78, 5) is 16.2. The van der Waals surface area contributed by atoms with E-state index in [-0.39, 0.29) is 23.9 Å². The molecule has 3 atom stereocenters. The van der Waals surface area contributed by atoms with Gasteiger partial charge in [0.25, 0.3) is 0 Å². The summed E-state index contributed by atoms with van der Waals surface area (Å²) >= 11 is 1.63. The number of nitrogens with zero attached hydrogens (tertiary/aromatic N) is 1. The Morgan fingerprint density at radius 2 is 2.12 bits per heavy atom. The second-order valence-corrected chi connectivity index (χ2v) is 7.24. The average molecular weight is 344 g/mol. The number of hydrogen-bond donors (Lipinski definition) is 1. The van der Waals surface area contributed by atoms with Crippen LogP contribution in [0.5, 0.6) is 5.75 Å². The number of carbonyl (C=O) groups excluding carboxylic acids is 1. The van der Waals surface area contributed by atoms with E-state index >= 15 is 0 Å². The fraction of sp³-hybridized carbons (Fsp3) is 0.421. The Balaban J connectivity index is 1.94. The van der Waals surface area contributed by atoms with Gasteiger partial charge in [-0.25, -0.2) is 0 Å². The molecule has 1 aliphatic rings. The number of rotatable bonds is 4. The number of thiophene rings is 1. The Kier molecular flexibility index (Phi) is 5.21. The zero-order chi connectivity index (χ0) is 17.1. The van der Waals surface area contributed by atoms with Crippen molar-refractivity contribution in [1.29, 1.82) is 0 Å². The average Bonchev–Trinajstić information content (AvgIpc) is 3.15. The molecule has 1 amide bonds. The molecule has 0 spiro atoms. The lowest BCUT2D eigenvalue weighted by Gasteiger charge is -2.41. The molecule has 5 heteroatoms. The van der Waals surface area contributed by atoms with Crippen molar-refractivity contribution in [2.45, 2.75) is 37.8 Å². The molecule has 1 fully saturated rings. The Morgan fingerprint density at radius 3 is 2.83 bits per heavy atom. The van der Waals surface area contributed by atoms with E-state index < -0.39 is 0 Å². The van der Waals surface area contributed by atoms with Gasteiger partial charge < -0.3 is 15.4 Å². The molecule has 0 radical (unpaired) electrons. The number of piperidine rings is 1. The summed E-state index contributed by atoms with van der Waals surface area (Å²) in [6.07, 6.45) is 1.86. The topological polar surface area (TPSA) is 55.6 Å². The van der Waals surface area contributed by atoms with Crippen LogP contribution in [0.3, 0.4) is 0 Å². The van der Waals surface area contributed by atoms with Crippen molar-refractivity contribution in [1.82, 2.24) is 4.90 Å². The van der Waals surface area contributed by atoms with E-state index in [4.69, 9.17) is 10.5 Å². The van der Waals surface area contributed by atoms with Gasteiger partial charge in [0.15, 0.2) is 0 Å². The van der Waals surface area contributed by atoms with Crippen LogP contribution in [0.1, 0.15) is 42.2 Å². The minimum Gasteiger partial charge on any atom is -0.496 e. The van der Waals surface area contributed by atoms with Gasteiger partial charge in [-0.2, -0.15) is 0 Å². The van der Waals surface area contributed by atoms with E-state index in [9.17, 15) is 4.79 Å². The number of likely N-dealkylation sites (tertiary alicyclic amines) is 1. The van der Waals surface area contributed by atoms with Crippen molar-refractivity contribution in [3.05, 3.63) is 52.2 Å². The molecule has 0 aliphatic carbocycles. The van der Waals surface area contributed by atoms with Gasteiger partial charge in [0, 0.05) is 23.0 Å². The smallest absolute Gasteiger partial charge is 0.231 e. The Morgan fingerprint density at radius 1 is 1.33 bits per heavy atom. The maximum Gasteiger partial charge on any atom is 0.231 e. The first kappa shape index (κ1) is 17.0. The summed E-state index contributed by atoms with van der Waals surface area (Å²) in [6, 6.07) is 11.7. The van der Waals surface area contributed by atoms with Crippen molar-refractivity contribution >= 4 is 17.2 Å². The lowest BCUT2D eigenvalue weighted by Crippen LogP contribution is -2.49. The number of ether oxygens (including phenoxy) is 1. The fourth-order valence-corrected chi connectivity index (χ4v) is 4.27. The lowest BCUT2D eigenvalue weighted by molar-refractivity contribution is -0.136. The van der Waals surface area contributed by atoms with Crippen LogP contribution in [-0.4, -0.2) is 30.5 Å². The van der Waals surface area contributed by atoms with E-state index in [0.29, 0.717) is 0 Å². The summed E-state index contributed by atoms with van der Waals surface area (Å²) in [5, 5.41) is 2.01. The van der Waals surface area contributed by atoms with Crippen LogP contribution in [0.2, 0.25) is 0 Å². The highest BCUT2D eigenvalue weighted by Gasteiger charge is 2.37. The Hall–Kier alpha value is -1.85. The third-order valence-corrected chi connectivity index (χ3v) is 5.81. The predicted octanol–water partition coefficient (Wildman–Crippen LogP) is 3.55. The van der Waals surface area contributed by atoms with Crippen LogP contribution in [-0.2, 0) is 4.79 Å². The highest BCUT2D eigenvalue weighted by Crippen LogP contribution is 2.37. The number of carbonyl (C=O) groups is 1. The first-order valence-electron chi connectivity index (χ1n) is 8.36. The normalized spacial score (nSPS) is 22.2. The van der Waals surface area contributed by atoms with E-state index in [1.165, 1.54) is 0 Å². The van der Waals surface area contributed by atoms with Crippen LogP contribution < -0.4 is 10.5 Å². The molecule has 1 unspecified atom stereocenters. The highest BCUT2D eigenvalue weighted by atomic mass is 32.1. The minimum absolute atomic E-state index is 0.0745. The van der Waals surface area contributed by atoms with Crippen molar-refractivity contribution in [3.8, 4) is 5.75 Å². The molecule has 2 aromatic rings. The molecule has 2 heterocycles. The standard InChI is InChI=1S/C19H24N2O2S/c1-13(17-10-6-12-24-17)19(22)21-11-5-8-15(20)18(21)14-7-3-4-9-16(14)23-2/h3-4,6-7,9-10,12-13,15,18H,5,8,11,20H2,1-2H3/t13?,15-,18-/m0/s1. The third-order valence-electron chi connectivity index (χ3n) is 4.76. The Labute approximate surface area is 147 Å². The second kappa shape index (κ2) is 7.36. The molecular weight excluding hydrogens is 320 g/mol. The van der Waals surface area contributed by atoms with Gasteiger partial charge in [0.05, 0.1) is 19.1 Å². The van der Waals surface area contributed by atoms with E-state index in [1.54, 1.807) is 18.4 Å². The SMILES string of the molecule is COc1ccccc1[C@H]1[C@@H](N)CCCN1C(=O)C(C)c1cccs1. The molecule has 2 N–H and O–H groups in total. The largest absolute Gasteiger partial charge is 0.496 e. The van der Waals surface area contributed by atoms with E-state index in [2.05, 4.69) is 0 Å². The van der Waals surface area contributed by atoms with Crippen molar-refractivity contribution in [2.75, 3.05) is 13.7 Å². The molecule has 4 nitrogen and oxygen atoms in total. The molecule has 1 aliphatic heterocycles. The first-order chi connectivity index (χ1) is 11.6. The van der Waals surface area contributed by atoms with Gasteiger partial charge >= 0.3 is 0 Å². The molecule has 1 saturated heterocycles. The summed E-state index contributed by atoms with van der Waals surface area (Å²) in [5.74, 6) is 0.789. The summed E-state index contributed by atoms with van der Waals surface area (Å²) in [5.41, 5.74) is 7.43.